The van der Waals surface area contributed by atoms with Crippen molar-refractivity contribution in [2.45, 2.75) is 25.5 Å². The number of hydrogen-bond donors (Lipinski definition) is 1. The number of likely N-dealkylation sites (tertiary alicyclic amines) is 1. The number of primary amides is 1. The van der Waals surface area contributed by atoms with Gasteiger partial charge in [-0.15, -0.1) is 0 Å². The predicted octanol–water partition coefficient (Wildman–Crippen LogP) is 1.28. The molecule has 1 aromatic carbocycles. The summed E-state index contributed by atoms with van der Waals surface area (Å²) < 4.78 is 10.3. The van der Waals surface area contributed by atoms with E-state index in [1.165, 1.54) is 4.90 Å². The van der Waals surface area contributed by atoms with Crippen molar-refractivity contribution >= 4 is 12.0 Å². The van der Waals surface area contributed by atoms with Crippen LogP contribution in [-0.4, -0.2) is 36.6 Å². The third-order valence-electron chi connectivity index (χ3n) is 3.34. The van der Waals surface area contributed by atoms with Crippen LogP contribution in [0.3, 0.4) is 0 Å². The van der Waals surface area contributed by atoms with Gasteiger partial charge in [-0.25, -0.2) is 4.79 Å². The lowest BCUT2D eigenvalue weighted by atomic mass is 10.2. The van der Waals surface area contributed by atoms with E-state index in [1.54, 1.807) is 19.2 Å². The highest BCUT2D eigenvalue weighted by Crippen LogP contribution is 2.19. The molecule has 1 aromatic rings. The first-order chi connectivity index (χ1) is 9.61. The average Bonchev–Trinajstić information content (AvgIpc) is 2.95. The number of amides is 2. The molecule has 20 heavy (non-hydrogen) atoms. The quantitative estimate of drug-likeness (QED) is 0.899. The number of hydrogen-bond acceptors (Lipinski definition) is 4. The van der Waals surface area contributed by atoms with Gasteiger partial charge in [-0.2, -0.15) is 0 Å². The third kappa shape index (κ3) is 3.20. The number of benzene rings is 1. The Bertz CT molecular complexity index is 486. The van der Waals surface area contributed by atoms with Gasteiger partial charge in [0.1, 0.15) is 18.4 Å². The number of nitrogens with zero attached hydrogens (tertiary/aromatic N) is 1. The first-order valence-corrected chi connectivity index (χ1v) is 6.47. The second kappa shape index (κ2) is 6.27. The van der Waals surface area contributed by atoms with Crippen molar-refractivity contribution in [2.24, 2.45) is 5.73 Å². The maximum absolute atomic E-state index is 11.9. The van der Waals surface area contributed by atoms with Crippen molar-refractivity contribution in [3.05, 3.63) is 29.8 Å². The molecule has 1 aliphatic heterocycles. The molecule has 0 spiro atoms. The van der Waals surface area contributed by atoms with Gasteiger partial charge in [-0.1, -0.05) is 12.1 Å². The number of nitrogens with two attached hydrogens (primary N) is 1. The second-order valence-electron chi connectivity index (χ2n) is 4.66. The molecular weight excluding hydrogens is 260 g/mol. The van der Waals surface area contributed by atoms with E-state index in [0.29, 0.717) is 13.0 Å². The molecule has 108 valence electrons. The molecule has 1 atom stereocenters. The van der Waals surface area contributed by atoms with E-state index in [1.807, 2.05) is 12.1 Å². The standard InChI is InChI=1S/C14H18N2O4/c1-19-11-6-4-10(5-7-11)9-20-14(18)16-8-2-3-12(16)13(15)17/h4-7,12H,2-3,8-9H2,1H3,(H2,15,17)/t12-/m1/s1. The summed E-state index contributed by atoms with van der Waals surface area (Å²) in [5.74, 6) is 0.261. The van der Waals surface area contributed by atoms with E-state index in [9.17, 15) is 9.59 Å². The fourth-order valence-electron chi connectivity index (χ4n) is 2.23. The Morgan fingerprint density at radius 1 is 1.35 bits per heavy atom. The highest BCUT2D eigenvalue weighted by atomic mass is 16.6. The van der Waals surface area contributed by atoms with Crippen LogP contribution in [0.2, 0.25) is 0 Å². The van der Waals surface area contributed by atoms with Gasteiger partial charge in [-0.3, -0.25) is 9.69 Å². The van der Waals surface area contributed by atoms with E-state index >= 15 is 0 Å². The van der Waals surface area contributed by atoms with Gasteiger partial charge >= 0.3 is 6.09 Å². The van der Waals surface area contributed by atoms with Gasteiger partial charge in [-0.05, 0) is 30.5 Å². The topological polar surface area (TPSA) is 81.9 Å². The van der Waals surface area contributed by atoms with Crippen molar-refractivity contribution < 1.29 is 19.1 Å². The van der Waals surface area contributed by atoms with Crippen LogP contribution in [0.5, 0.6) is 5.75 Å². The molecule has 0 unspecified atom stereocenters. The van der Waals surface area contributed by atoms with Gasteiger partial charge in [0.2, 0.25) is 5.91 Å². The molecule has 2 N–H and O–H groups in total. The van der Waals surface area contributed by atoms with Crippen LogP contribution in [0.25, 0.3) is 0 Å². The van der Waals surface area contributed by atoms with Crippen LogP contribution < -0.4 is 10.5 Å². The fraction of sp³-hybridized carbons (Fsp3) is 0.429. The molecule has 1 fully saturated rings. The van der Waals surface area contributed by atoms with Crippen molar-refractivity contribution in [2.75, 3.05) is 13.7 Å². The van der Waals surface area contributed by atoms with Gasteiger partial charge in [0, 0.05) is 6.54 Å². The molecule has 1 aliphatic rings. The Labute approximate surface area is 117 Å². The van der Waals surface area contributed by atoms with E-state index in [-0.39, 0.29) is 6.61 Å². The van der Waals surface area contributed by atoms with E-state index < -0.39 is 18.0 Å². The van der Waals surface area contributed by atoms with Gasteiger partial charge in [0.15, 0.2) is 0 Å². The number of carbonyl (C=O) groups is 2. The molecule has 0 radical (unpaired) electrons. The summed E-state index contributed by atoms with van der Waals surface area (Å²) in [6.45, 7) is 0.667. The maximum atomic E-state index is 11.9. The average molecular weight is 278 g/mol. The van der Waals surface area contributed by atoms with E-state index in [0.717, 1.165) is 17.7 Å². The highest BCUT2D eigenvalue weighted by Gasteiger charge is 2.33. The molecule has 1 heterocycles. The number of rotatable bonds is 4. The predicted molar refractivity (Wildman–Crippen MR) is 72.1 cm³/mol. The van der Waals surface area contributed by atoms with Gasteiger partial charge < -0.3 is 15.2 Å². The summed E-state index contributed by atoms with van der Waals surface area (Å²) in [6, 6.07) is 6.69. The Morgan fingerprint density at radius 2 is 2.05 bits per heavy atom. The Balaban J connectivity index is 1.89. The number of ether oxygens (including phenoxy) is 2. The van der Waals surface area contributed by atoms with Crippen molar-refractivity contribution in [3.8, 4) is 5.75 Å². The van der Waals surface area contributed by atoms with E-state index in [2.05, 4.69) is 0 Å². The SMILES string of the molecule is COc1ccc(COC(=O)N2CCC[C@@H]2C(N)=O)cc1. The Hall–Kier alpha value is -2.24. The summed E-state index contributed by atoms with van der Waals surface area (Å²) in [5, 5.41) is 0. The number of methoxy groups -OCH3 is 1. The van der Waals surface area contributed by atoms with Crippen LogP contribution >= 0.6 is 0 Å². The van der Waals surface area contributed by atoms with Crippen LogP contribution in [0.4, 0.5) is 4.79 Å². The lowest BCUT2D eigenvalue weighted by molar-refractivity contribution is -0.121. The smallest absolute Gasteiger partial charge is 0.410 e. The van der Waals surface area contributed by atoms with Crippen molar-refractivity contribution in [1.82, 2.24) is 4.90 Å². The monoisotopic (exact) mass is 278 g/mol. The summed E-state index contributed by atoms with van der Waals surface area (Å²) in [7, 11) is 1.59. The lowest BCUT2D eigenvalue weighted by Gasteiger charge is -2.21. The van der Waals surface area contributed by atoms with Crippen molar-refractivity contribution in [1.29, 1.82) is 0 Å². The zero-order chi connectivity index (χ0) is 14.5. The first kappa shape index (κ1) is 14.2. The minimum atomic E-state index is -0.543. The van der Waals surface area contributed by atoms with Crippen LogP contribution in [-0.2, 0) is 16.1 Å². The highest BCUT2D eigenvalue weighted by molar-refractivity contribution is 5.84. The molecule has 0 aliphatic carbocycles. The Morgan fingerprint density at radius 3 is 2.65 bits per heavy atom. The van der Waals surface area contributed by atoms with E-state index in [4.69, 9.17) is 15.2 Å². The fourth-order valence-corrected chi connectivity index (χ4v) is 2.23. The molecule has 2 amide bonds. The second-order valence-corrected chi connectivity index (χ2v) is 4.66. The molecule has 0 saturated carbocycles. The zero-order valence-corrected chi connectivity index (χ0v) is 11.4. The molecular formula is C14H18N2O4. The molecule has 6 heteroatoms. The Kier molecular flexibility index (Phi) is 4.45. The van der Waals surface area contributed by atoms with Crippen LogP contribution in [0.15, 0.2) is 24.3 Å². The van der Waals surface area contributed by atoms with Crippen LogP contribution in [0.1, 0.15) is 18.4 Å². The molecule has 0 bridgehead atoms. The normalized spacial score (nSPS) is 17.9. The largest absolute Gasteiger partial charge is 0.497 e. The summed E-state index contributed by atoms with van der Waals surface area (Å²) in [5.41, 5.74) is 6.12. The first-order valence-electron chi connectivity index (χ1n) is 6.47. The molecule has 2 rings (SSSR count). The van der Waals surface area contributed by atoms with Gasteiger partial charge in [0.05, 0.1) is 7.11 Å². The van der Waals surface area contributed by atoms with Gasteiger partial charge in [0.25, 0.3) is 0 Å². The molecule has 6 nitrogen and oxygen atoms in total. The zero-order valence-electron chi connectivity index (χ0n) is 11.4. The number of carbonyl (C=O) groups excluding carboxylic acids is 2. The maximum Gasteiger partial charge on any atom is 0.410 e. The molecule has 1 saturated heterocycles. The van der Waals surface area contributed by atoms with Crippen molar-refractivity contribution in [3.63, 3.8) is 0 Å². The summed E-state index contributed by atoms with van der Waals surface area (Å²) >= 11 is 0. The summed E-state index contributed by atoms with van der Waals surface area (Å²) in [6.07, 6.45) is 0.875. The minimum absolute atomic E-state index is 0.158. The van der Waals surface area contributed by atoms with Crippen LogP contribution in [0, 0.1) is 0 Å². The molecule has 0 aromatic heterocycles. The lowest BCUT2D eigenvalue weighted by Crippen LogP contribution is -2.43. The third-order valence-corrected chi connectivity index (χ3v) is 3.34. The summed E-state index contributed by atoms with van der Waals surface area (Å²) in [4.78, 5) is 24.5. The minimum Gasteiger partial charge on any atom is -0.497 e.